The Balaban J connectivity index is 1.23. The van der Waals surface area contributed by atoms with Gasteiger partial charge < -0.3 is 15.2 Å². The predicted molar refractivity (Wildman–Crippen MR) is 142 cm³/mol. The van der Waals surface area contributed by atoms with Crippen LogP contribution >= 0.6 is 0 Å². The molecule has 3 aliphatic rings. The first-order valence-electron chi connectivity index (χ1n) is 13.2. The number of pyridine rings is 1. The van der Waals surface area contributed by atoms with E-state index in [-0.39, 0.29) is 30.0 Å². The first kappa shape index (κ1) is 24.2. The second kappa shape index (κ2) is 9.28. The van der Waals surface area contributed by atoms with Crippen LogP contribution in [0.2, 0.25) is 0 Å². The zero-order chi connectivity index (χ0) is 26.4. The second-order valence-corrected chi connectivity index (χ2v) is 10.6. The molecule has 3 aromatic rings. The van der Waals surface area contributed by atoms with Crippen molar-refractivity contribution < 1.29 is 14.4 Å². The monoisotopic (exact) mass is 510 g/mol. The highest BCUT2D eigenvalue weighted by Crippen LogP contribution is 2.43. The van der Waals surface area contributed by atoms with E-state index in [0.29, 0.717) is 25.3 Å². The highest BCUT2D eigenvalue weighted by atomic mass is 16.2. The van der Waals surface area contributed by atoms with E-state index in [1.807, 2.05) is 53.4 Å². The van der Waals surface area contributed by atoms with Crippen LogP contribution in [0.1, 0.15) is 42.9 Å². The van der Waals surface area contributed by atoms with E-state index in [1.54, 1.807) is 12.3 Å². The summed E-state index contributed by atoms with van der Waals surface area (Å²) in [5.74, 6) is -0.138. The topological polar surface area (TPSA) is 103 Å². The third kappa shape index (κ3) is 4.20. The van der Waals surface area contributed by atoms with Crippen LogP contribution in [0.15, 0.2) is 71.7 Å². The molecule has 2 atom stereocenters. The highest BCUT2D eigenvalue weighted by molar-refractivity contribution is 6.10. The Morgan fingerprint density at radius 2 is 1.82 bits per heavy atom. The van der Waals surface area contributed by atoms with Crippen molar-refractivity contribution in [2.45, 2.75) is 50.7 Å². The minimum absolute atomic E-state index is 0.0379. The van der Waals surface area contributed by atoms with Crippen LogP contribution in [0.3, 0.4) is 0 Å². The Bertz CT molecular complexity index is 1460. The smallest absolute Gasteiger partial charge is 0.325 e. The summed E-state index contributed by atoms with van der Waals surface area (Å²) in [4.78, 5) is 57.4. The Hall–Kier alpha value is -4.20. The highest BCUT2D eigenvalue weighted by Gasteiger charge is 2.56. The van der Waals surface area contributed by atoms with E-state index in [9.17, 15) is 19.2 Å². The number of fused-ring (bicyclic) bond motifs is 2. The fourth-order valence-electron chi connectivity index (χ4n) is 5.86. The van der Waals surface area contributed by atoms with E-state index in [1.165, 1.54) is 6.07 Å². The van der Waals surface area contributed by atoms with Gasteiger partial charge in [0.1, 0.15) is 12.1 Å². The van der Waals surface area contributed by atoms with Gasteiger partial charge in [0.05, 0.1) is 0 Å². The summed E-state index contributed by atoms with van der Waals surface area (Å²) in [5.41, 5.74) is 3.23. The Morgan fingerprint density at radius 1 is 1.05 bits per heavy atom. The predicted octanol–water partition coefficient (Wildman–Crippen LogP) is 3.56. The van der Waals surface area contributed by atoms with Crippen molar-refractivity contribution in [1.29, 1.82) is 0 Å². The molecule has 2 aromatic carbocycles. The number of urea groups is 1. The molecule has 38 heavy (non-hydrogen) atoms. The van der Waals surface area contributed by atoms with Gasteiger partial charge in [-0.05, 0) is 72.4 Å². The van der Waals surface area contributed by atoms with E-state index < -0.39 is 11.6 Å². The van der Waals surface area contributed by atoms with Crippen molar-refractivity contribution in [1.82, 2.24) is 20.1 Å². The van der Waals surface area contributed by atoms with Crippen LogP contribution in [-0.2, 0) is 28.1 Å². The van der Waals surface area contributed by atoms with Crippen LogP contribution in [-0.4, -0.2) is 45.2 Å². The molecule has 1 spiro atoms. The van der Waals surface area contributed by atoms with Gasteiger partial charge in [-0.3, -0.25) is 19.3 Å². The molecule has 2 N–H and O–H groups in total. The van der Waals surface area contributed by atoms with Gasteiger partial charge in [0.15, 0.2) is 0 Å². The van der Waals surface area contributed by atoms with Crippen LogP contribution in [0, 0.1) is 5.92 Å². The zero-order valence-electron chi connectivity index (χ0n) is 21.3. The number of nitrogens with one attached hydrogen (secondary N) is 2. The largest absolute Gasteiger partial charge is 0.334 e. The number of amides is 4. The number of hydrogen-bond acceptors (Lipinski definition) is 4. The average Bonchev–Trinajstić information content (AvgIpc) is 3.68. The zero-order valence-corrected chi connectivity index (χ0v) is 21.3. The molecular formula is C30H30N4O4. The lowest BCUT2D eigenvalue weighted by Gasteiger charge is -2.31. The Morgan fingerprint density at radius 3 is 2.53 bits per heavy atom. The number of aromatic nitrogens is 1. The van der Waals surface area contributed by atoms with Gasteiger partial charge in [-0.2, -0.15) is 0 Å². The van der Waals surface area contributed by atoms with Crippen LogP contribution < -0.4 is 10.9 Å². The fourth-order valence-corrected chi connectivity index (χ4v) is 5.86. The van der Waals surface area contributed by atoms with E-state index in [2.05, 4.69) is 17.2 Å². The molecule has 2 unspecified atom stereocenters. The lowest BCUT2D eigenvalue weighted by molar-refractivity contribution is -0.141. The summed E-state index contributed by atoms with van der Waals surface area (Å²) in [6.45, 7) is 2.22. The summed E-state index contributed by atoms with van der Waals surface area (Å²) in [7, 11) is 0. The van der Waals surface area contributed by atoms with Gasteiger partial charge in [0.25, 0.3) is 5.91 Å². The van der Waals surface area contributed by atoms with Crippen LogP contribution in [0.25, 0.3) is 11.1 Å². The third-order valence-electron chi connectivity index (χ3n) is 8.23. The van der Waals surface area contributed by atoms with Gasteiger partial charge in [0, 0.05) is 24.8 Å². The molecule has 8 nitrogen and oxygen atoms in total. The molecule has 2 fully saturated rings. The van der Waals surface area contributed by atoms with Gasteiger partial charge in [-0.15, -0.1) is 0 Å². The average molecular weight is 511 g/mol. The molecule has 2 aliphatic carbocycles. The number of aryl methyl sites for hydroxylation is 1. The fraction of sp³-hybridized carbons (Fsp3) is 0.333. The molecule has 0 bridgehead atoms. The number of carbonyl (C=O) groups is 3. The maximum Gasteiger partial charge on any atom is 0.325 e. The number of nitrogens with zero attached hydrogens (tertiary/aromatic N) is 2. The molecule has 2 heterocycles. The SMILES string of the molecule is CC(C1CC1)N(Cc1ccccc1)C(=O)CN1C(=O)NC2(CCc3cc(-c4ccc(=O)[nH]c4)ccc32)C1=O. The molecule has 1 aromatic heterocycles. The lowest BCUT2D eigenvalue weighted by Crippen LogP contribution is -2.47. The van der Waals surface area contributed by atoms with Gasteiger partial charge in [-0.25, -0.2) is 4.79 Å². The summed E-state index contributed by atoms with van der Waals surface area (Å²) >= 11 is 0. The first-order valence-corrected chi connectivity index (χ1v) is 13.2. The number of aromatic amines is 1. The quantitative estimate of drug-likeness (QED) is 0.475. The van der Waals surface area contributed by atoms with Crippen LogP contribution in [0.4, 0.5) is 4.79 Å². The van der Waals surface area contributed by atoms with Crippen molar-refractivity contribution in [3.8, 4) is 11.1 Å². The Kier molecular flexibility index (Phi) is 5.90. The Labute approximate surface area is 220 Å². The number of carbonyl (C=O) groups excluding carboxylic acids is 3. The molecule has 1 saturated carbocycles. The summed E-state index contributed by atoms with van der Waals surface area (Å²) in [6, 6.07) is 18.3. The lowest BCUT2D eigenvalue weighted by atomic mass is 9.90. The van der Waals surface area contributed by atoms with Crippen molar-refractivity contribution in [2.24, 2.45) is 5.92 Å². The molecule has 8 heteroatoms. The summed E-state index contributed by atoms with van der Waals surface area (Å²) < 4.78 is 0. The molecular weight excluding hydrogens is 480 g/mol. The van der Waals surface area contributed by atoms with Crippen molar-refractivity contribution in [3.05, 3.63) is 93.9 Å². The maximum atomic E-state index is 13.8. The molecule has 194 valence electrons. The molecule has 1 saturated heterocycles. The minimum atomic E-state index is -1.15. The maximum absolute atomic E-state index is 13.8. The van der Waals surface area contributed by atoms with Gasteiger partial charge in [0.2, 0.25) is 11.5 Å². The minimum Gasteiger partial charge on any atom is -0.334 e. The number of imide groups is 1. The van der Waals surface area contributed by atoms with E-state index in [0.717, 1.165) is 45.6 Å². The third-order valence-corrected chi connectivity index (χ3v) is 8.23. The van der Waals surface area contributed by atoms with E-state index in [4.69, 9.17) is 0 Å². The van der Waals surface area contributed by atoms with Gasteiger partial charge >= 0.3 is 6.03 Å². The molecule has 1 aliphatic heterocycles. The van der Waals surface area contributed by atoms with Gasteiger partial charge in [-0.1, -0.05) is 48.5 Å². The summed E-state index contributed by atoms with van der Waals surface area (Å²) in [6.07, 6.45) is 4.90. The van der Waals surface area contributed by atoms with E-state index >= 15 is 0 Å². The number of benzene rings is 2. The second-order valence-electron chi connectivity index (χ2n) is 10.6. The number of rotatable bonds is 7. The molecule has 0 radical (unpaired) electrons. The molecule has 6 rings (SSSR count). The summed E-state index contributed by atoms with van der Waals surface area (Å²) in [5, 5.41) is 2.93. The number of H-pyrrole nitrogens is 1. The normalized spacial score (nSPS) is 20.9. The standard InChI is InChI=1S/C30H30N4O4/c1-19(21-7-8-21)33(17-20-5-3-2-4-6-20)27(36)18-34-28(37)30(32-29(34)38)14-13-23-15-22(9-11-25(23)30)24-10-12-26(35)31-16-24/h2-6,9-12,15-16,19,21H,7-8,13-14,17-18H2,1H3,(H,31,35)(H,32,38). The first-order chi connectivity index (χ1) is 18.4. The van der Waals surface area contributed by atoms with Crippen molar-refractivity contribution in [2.75, 3.05) is 6.54 Å². The van der Waals surface area contributed by atoms with Crippen molar-refractivity contribution >= 4 is 17.8 Å². The van der Waals surface area contributed by atoms with Crippen molar-refractivity contribution in [3.63, 3.8) is 0 Å². The number of hydrogen-bond donors (Lipinski definition) is 2. The van der Waals surface area contributed by atoms with Crippen LogP contribution in [0.5, 0.6) is 0 Å². The molecule has 4 amide bonds.